The van der Waals surface area contributed by atoms with Gasteiger partial charge in [-0.1, -0.05) is 18.2 Å². The molecule has 4 heteroatoms. The van der Waals surface area contributed by atoms with E-state index in [1.807, 2.05) is 24.3 Å². The monoisotopic (exact) mass is 175 g/mol. The Kier molecular flexibility index (Phi) is 2.06. The number of aromatic nitrogens is 3. The number of nitrogens with zero attached hydrogens (tertiary/aromatic N) is 2. The third kappa shape index (κ3) is 1.57. The highest BCUT2D eigenvalue weighted by molar-refractivity contribution is 5.55. The van der Waals surface area contributed by atoms with Crippen molar-refractivity contribution in [1.29, 1.82) is 0 Å². The number of hydrogen-bond acceptors (Lipinski definition) is 3. The summed E-state index contributed by atoms with van der Waals surface area (Å²) in [7, 11) is 0. The molecule has 1 aromatic heterocycles. The number of benzene rings is 1. The fourth-order valence-corrected chi connectivity index (χ4v) is 1.16. The maximum absolute atomic E-state index is 8.91. The second-order valence-corrected chi connectivity index (χ2v) is 2.68. The molecule has 1 heterocycles. The molecule has 0 spiro atoms. The van der Waals surface area contributed by atoms with Crippen molar-refractivity contribution in [2.45, 2.75) is 6.61 Å². The van der Waals surface area contributed by atoms with Crippen LogP contribution in [0.5, 0.6) is 0 Å². The van der Waals surface area contributed by atoms with Crippen molar-refractivity contribution in [2.24, 2.45) is 0 Å². The quantitative estimate of drug-likeness (QED) is 0.714. The van der Waals surface area contributed by atoms with Crippen LogP contribution in [0, 0.1) is 0 Å². The highest BCUT2D eigenvalue weighted by Crippen LogP contribution is 2.14. The molecule has 2 rings (SSSR count). The molecule has 2 N–H and O–H groups in total. The van der Waals surface area contributed by atoms with Crippen molar-refractivity contribution in [2.75, 3.05) is 0 Å². The third-order valence-corrected chi connectivity index (χ3v) is 1.78. The van der Waals surface area contributed by atoms with E-state index in [0.29, 0.717) is 5.82 Å². The van der Waals surface area contributed by atoms with Crippen molar-refractivity contribution < 1.29 is 5.11 Å². The standard InChI is InChI=1S/C9H9N3O/c13-5-7-2-1-3-8(4-7)9-10-6-11-12-9/h1-4,6,13H,5H2,(H,10,11,12). The van der Waals surface area contributed by atoms with Gasteiger partial charge in [0.2, 0.25) is 0 Å². The summed E-state index contributed by atoms with van der Waals surface area (Å²) >= 11 is 0. The molecule has 0 aliphatic carbocycles. The first kappa shape index (κ1) is 7.94. The fourth-order valence-electron chi connectivity index (χ4n) is 1.16. The van der Waals surface area contributed by atoms with Crippen LogP contribution in [0.4, 0.5) is 0 Å². The SMILES string of the molecule is OCc1cccc(-c2nc[nH]n2)c1. The minimum Gasteiger partial charge on any atom is -0.392 e. The van der Waals surface area contributed by atoms with Gasteiger partial charge >= 0.3 is 0 Å². The largest absolute Gasteiger partial charge is 0.392 e. The zero-order valence-corrected chi connectivity index (χ0v) is 6.94. The minimum atomic E-state index is 0.0399. The van der Waals surface area contributed by atoms with Gasteiger partial charge in [-0.05, 0) is 11.6 Å². The Hall–Kier alpha value is -1.68. The predicted molar refractivity (Wildman–Crippen MR) is 47.7 cm³/mol. The number of aliphatic hydroxyl groups excluding tert-OH is 1. The molecule has 0 saturated heterocycles. The lowest BCUT2D eigenvalue weighted by Gasteiger charge is -1.97. The van der Waals surface area contributed by atoms with E-state index < -0.39 is 0 Å². The lowest BCUT2D eigenvalue weighted by Crippen LogP contribution is -1.85. The van der Waals surface area contributed by atoms with Crippen LogP contribution in [-0.4, -0.2) is 20.3 Å². The Morgan fingerprint density at radius 3 is 3.00 bits per heavy atom. The average molecular weight is 175 g/mol. The Morgan fingerprint density at radius 1 is 1.38 bits per heavy atom. The maximum atomic E-state index is 8.91. The van der Waals surface area contributed by atoms with Gasteiger partial charge in [0.15, 0.2) is 5.82 Å². The van der Waals surface area contributed by atoms with Gasteiger partial charge in [-0.3, -0.25) is 5.10 Å². The van der Waals surface area contributed by atoms with Gasteiger partial charge in [0.25, 0.3) is 0 Å². The molecule has 0 radical (unpaired) electrons. The van der Waals surface area contributed by atoms with Crippen LogP contribution in [0.15, 0.2) is 30.6 Å². The molecule has 0 aliphatic heterocycles. The Bertz CT molecular complexity index is 384. The zero-order chi connectivity index (χ0) is 9.10. The number of nitrogens with one attached hydrogen (secondary N) is 1. The highest BCUT2D eigenvalue weighted by atomic mass is 16.3. The van der Waals surface area contributed by atoms with Crippen LogP contribution in [-0.2, 0) is 6.61 Å². The number of aliphatic hydroxyl groups is 1. The summed E-state index contributed by atoms with van der Waals surface area (Å²) in [4.78, 5) is 4.01. The Balaban J connectivity index is 2.41. The summed E-state index contributed by atoms with van der Waals surface area (Å²) in [6, 6.07) is 7.50. The normalized spacial score (nSPS) is 10.2. The van der Waals surface area contributed by atoms with E-state index in [9.17, 15) is 0 Å². The Morgan fingerprint density at radius 2 is 2.31 bits per heavy atom. The van der Waals surface area contributed by atoms with E-state index in [-0.39, 0.29) is 6.61 Å². The van der Waals surface area contributed by atoms with Crippen molar-refractivity contribution in [3.8, 4) is 11.4 Å². The second-order valence-electron chi connectivity index (χ2n) is 2.68. The minimum absolute atomic E-state index is 0.0399. The van der Waals surface area contributed by atoms with Crippen LogP contribution >= 0.6 is 0 Å². The first-order chi connectivity index (χ1) is 6.40. The highest BCUT2D eigenvalue weighted by Gasteiger charge is 2.00. The predicted octanol–water partition coefficient (Wildman–Crippen LogP) is 0.964. The van der Waals surface area contributed by atoms with Gasteiger partial charge in [0.05, 0.1) is 6.61 Å². The van der Waals surface area contributed by atoms with Crippen LogP contribution in [0.1, 0.15) is 5.56 Å². The van der Waals surface area contributed by atoms with Crippen LogP contribution in [0.3, 0.4) is 0 Å². The molecular weight excluding hydrogens is 166 g/mol. The number of hydrogen-bond donors (Lipinski definition) is 2. The Labute approximate surface area is 75.3 Å². The van der Waals surface area contributed by atoms with Gasteiger partial charge in [0.1, 0.15) is 6.33 Å². The van der Waals surface area contributed by atoms with Gasteiger partial charge in [0, 0.05) is 5.56 Å². The van der Waals surface area contributed by atoms with Crippen molar-refractivity contribution in [1.82, 2.24) is 15.2 Å². The molecule has 0 bridgehead atoms. The summed E-state index contributed by atoms with van der Waals surface area (Å²) in [6.45, 7) is 0.0399. The third-order valence-electron chi connectivity index (χ3n) is 1.78. The van der Waals surface area contributed by atoms with Gasteiger partial charge in [-0.2, -0.15) is 5.10 Å². The zero-order valence-electron chi connectivity index (χ0n) is 6.94. The first-order valence-corrected chi connectivity index (χ1v) is 3.96. The smallest absolute Gasteiger partial charge is 0.180 e. The first-order valence-electron chi connectivity index (χ1n) is 3.96. The molecule has 0 fully saturated rings. The van der Waals surface area contributed by atoms with Crippen LogP contribution in [0.25, 0.3) is 11.4 Å². The van der Waals surface area contributed by atoms with Gasteiger partial charge in [-0.15, -0.1) is 0 Å². The van der Waals surface area contributed by atoms with E-state index >= 15 is 0 Å². The van der Waals surface area contributed by atoms with E-state index in [4.69, 9.17) is 5.11 Å². The van der Waals surface area contributed by atoms with E-state index in [1.54, 1.807) is 0 Å². The summed E-state index contributed by atoms with van der Waals surface area (Å²) in [6.07, 6.45) is 1.53. The molecule has 0 saturated carbocycles. The lowest BCUT2D eigenvalue weighted by atomic mass is 10.1. The topological polar surface area (TPSA) is 61.8 Å². The molecule has 66 valence electrons. The van der Waals surface area contributed by atoms with Crippen molar-refractivity contribution in [3.05, 3.63) is 36.2 Å². The van der Waals surface area contributed by atoms with E-state index in [1.165, 1.54) is 6.33 Å². The molecule has 0 unspecified atom stereocenters. The summed E-state index contributed by atoms with van der Waals surface area (Å²) in [5.41, 5.74) is 1.77. The molecule has 1 aromatic carbocycles. The molecule has 0 aliphatic rings. The van der Waals surface area contributed by atoms with Crippen molar-refractivity contribution >= 4 is 0 Å². The summed E-state index contributed by atoms with van der Waals surface area (Å²) < 4.78 is 0. The van der Waals surface area contributed by atoms with Gasteiger partial charge in [-0.25, -0.2) is 4.98 Å². The second kappa shape index (κ2) is 3.37. The molecule has 4 nitrogen and oxygen atoms in total. The molecule has 0 amide bonds. The maximum Gasteiger partial charge on any atom is 0.180 e. The average Bonchev–Trinajstić information content (AvgIpc) is 2.71. The molecule has 13 heavy (non-hydrogen) atoms. The van der Waals surface area contributed by atoms with E-state index in [0.717, 1.165) is 11.1 Å². The molecule has 0 atom stereocenters. The lowest BCUT2D eigenvalue weighted by molar-refractivity contribution is 0.282. The van der Waals surface area contributed by atoms with Gasteiger partial charge < -0.3 is 5.11 Å². The van der Waals surface area contributed by atoms with E-state index in [2.05, 4.69) is 15.2 Å². The number of H-pyrrole nitrogens is 1. The summed E-state index contributed by atoms with van der Waals surface area (Å²) in [5, 5.41) is 15.5. The van der Waals surface area contributed by atoms with Crippen molar-refractivity contribution in [3.63, 3.8) is 0 Å². The molecular formula is C9H9N3O. The molecule has 2 aromatic rings. The number of aromatic amines is 1. The fraction of sp³-hybridized carbons (Fsp3) is 0.111. The van der Waals surface area contributed by atoms with Crippen LogP contribution < -0.4 is 0 Å². The summed E-state index contributed by atoms with van der Waals surface area (Å²) in [5.74, 6) is 0.648. The number of rotatable bonds is 2. The van der Waals surface area contributed by atoms with Crippen LogP contribution in [0.2, 0.25) is 0 Å².